The Labute approximate surface area is 128 Å². The maximum Gasteiger partial charge on any atom is 0.306 e. The number of aromatic nitrogens is 1. The minimum absolute atomic E-state index is 0.0237. The number of thiazole rings is 1. The zero-order valence-electron chi connectivity index (χ0n) is 10.6. The third-order valence-corrected chi connectivity index (χ3v) is 6.07. The van der Waals surface area contributed by atoms with Crippen molar-refractivity contribution >= 4 is 43.0 Å². The van der Waals surface area contributed by atoms with Crippen LogP contribution in [0.25, 0.3) is 0 Å². The van der Waals surface area contributed by atoms with Gasteiger partial charge in [-0.3, -0.25) is 9.52 Å². The summed E-state index contributed by atoms with van der Waals surface area (Å²) in [5.41, 5.74) is 0.668. The SMILES string of the molecule is COc1cc(NS(=O)(=O)c2sc(=O)[nH]c2C)ccc1Br. The Bertz CT molecular complexity index is 795. The van der Waals surface area contributed by atoms with Crippen LogP contribution in [0.2, 0.25) is 0 Å². The van der Waals surface area contributed by atoms with Gasteiger partial charge in [0.05, 0.1) is 17.3 Å². The van der Waals surface area contributed by atoms with E-state index in [1.807, 2.05) is 0 Å². The van der Waals surface area contributed by atoms with Gasteiger partial charge in [0.15, 0.2) is 4.21 Å². The van der Waals surface area contributed by atoms with Crippen LogP contribution in [0.3, 0.4) is 0 Å². The first-order valence-electron chi connectivity index (χ1n) is 5.39. The predicted octanol–water partition coefficient (Wildman–Crippen LogP) is 2.32. The number of aryl methyl sites for hydroxylation is 1. The fraction of sp³-hybridized carbons (Fsp3) is 0.182. The molecule has 0 saturated heterocycles. The monoisotopic (exact) mass is 378 g/mol. The van der Waals surface area contributed by atoms with Gasteiger partial charge in [0, 0.05) is 11.8 Å². The van der Waals surface area contributed by atoms with E-state index in [2.05, 4.69) is 25.6 Å². The zero-order valence-corrected chi connectivity index (χ0v) is 13.8. The number of aromatic amines is 1. The fourth-order valence-electron chi connectivity index (χ4n) is 1.57. The van der Waals surface area contributed by atoms with Gasteiger partial charge in [-0.1, -0.05) is 11.3 Å². The van der Waals surface area contributed by atoms with Gasteiger partial charge in [-0.25, -0.2) is 8.42 Å². The minimum Gasteiger partial charge on any atom is -0.495 e. The standard InChI is InChI=1S/C11H11BrN2O4S2/c1-6-10(19-11(15)13-6)20(16,17)14-7-3-4-8(12)9(5-7)18-2/h3-5,14H,1-2H3,(H,13,15). The molecule has 108 valence electrons. The first-order valence-corrected chi connectivity index (χ1v) is 8.49. The molecule has 0 radical (unpaired) electrons. The van der Waals surface area contributed by atoms with E-state index in [4.69, 9.17) is 4.74 Å². The molecule has 0 amide bonds. The summed E-state index contributed by atoms with van der Waals surface area (Å²) < 4.78 is 32.6. The van der Waals surface area contributed by atoms with E-state index in [9.17, 15) is 13.2 Å². The minimum atomic E-state index is -3.79. The number of H-pyrrole nitrogens is 1. The number of halogens is 1. The van der Waals surface area contributed by atoms with Crippen molar-refractivity contribution in [2.45, 2.75) is 11.1 Å². The van der Waals surface area contributed by atoms with Crippen molar-refractivity contribution in [2.24, 2.45) is 0 Å². The predicted molar refractivity (Wildman–Crippen MR) is 81.2 cm³/mol. The summed E-state index contributed by atoms with van der Waals surface area (Å²) in [4.78, 5) is 13.2. The van der Waals surface area contributed by atoms with E-state index in [0.717, 1.165) is 0 Å². The van der Waals surface area contributed by atoms with Crippen molar-refractivity contribution in [3.63, 3.8) is 0 Å². The first kappa shape index (κ1) is 15.1. The summed E-state index contributed by atoms with van der Waals surface area (Å²) in [6.07, 6.45) is 0. The van der Waals surface area contributed by atoms with Crippen LogP contribution in [0.5, 0.6) is 5.75 Å². The van der Waals surface area contributed by atoms with Crippen LogP contribution in [0.1, 0.15) is 5.69 Å². The zero-order chi connectivity index (χ0) is 14.9. The van der Waals surface area contributed by atoms with E-state index < -0.39 is 14.9 Å². The molecule has 20 heavy (non-hydrogen) atoms. The molecular formula is C11H11BrN2O4S2. The second kappa shape index (κ2) is 5.58. The van der Waals surface area contributed by atoms with Crippen molar-refractivity contribution in [1.29, 1.82) is 0 Å². The summed E-state index contributed by atoms with van der Waals surface area (Å²) in [5, 5.41) is 0. The molecular weight excluding hydrogens is 368 g/mol. The van der Waals surface area contributed by atoms with Gasteiger partial charge in [-0.05, 0) is 35.0 Å². The molecule has 9 heteroatoms. The van der Waals surface area contributed by atoms with Crippen LogP contribution in [0.15, 0.2) is 31.7 Å². The van der Waals surface area contributed by atoms with Crippen molar-refractivity contribution in [2.75, 3.05) is 11.8 Å². The largest absolute Gasteiger partial charge is 0.495 e. The topological polar surface area (TPSA) is 88.3 Å². The number of hydrogen-bond donors (Lipinski definition) is 2. The number of rotatable bonds is 4. The summed E-state index contributed by atoms with van der Waals surface area (Å²) >= 11 is 3.94. The number of hydrogen-bond acceptors (Lipinski definition) is 5. The summed E-state index contributed by atoms with van der Waals surface area (Å²) in [6, 6.07) is 4.81. The maximum absolute atomic E-state index is 12.2. The molecule has 2 aromatic rings. The van der Waals surface area contributed by atoms with Crippen LogP contribution in [0, 0.1) is 6.92 Å². The Kier molecular flexibility index (Phi) is 4.21. The number of anilines is 1. The van der Waals surface area contributed by atoms with Gasteiger partial charge in [0.2, 0.25) is 0 Å². The molecule has 0 atom stereocenters. The Balaban J connectivity index is 2.38. The molecule has 0 aliphatic heterocycles. The Morgan fingerprint density at radius 1 is 1.40 bits per heavy atom. The lowest BCUT2D eigenvalue weighted by Gasteiger charge is -2.09. The molecule has 1 aromatic carbocycles. The average molecular weight is 379 g/mol. The van der Waals surface area contributed by atoms with Gasteiger partial charge < -0.3 is 9.72 Å². The normalized spacial score (nSPS) is 11.3. The lowest BCUT2D eigenvalue weighted by Crippen LogP contribution is -2.12. The molecule has 1 heterocycles. The molecule has 0 spiro atoms. The highest BCUT2D eigenvalue weighted by Crippen LogP contribution is 2.29. The van der Waals surface area contributed by atoms with E-state index in [1.165, 1.54) is 14.0 Å². The molecule has 6 nitrogen and oxygen atoms in total. The molecule has 0 aliphatic rings. The highest BCUT2D eigenvalue weighted by Gasteiger charge is 2.21. The fourth-order valence-corrected chi connectivity index (χ4v) is 4.33. The second-order valence-corrected chi connectivity index (χ2v) is 7.60. The van der Waals surface area contributed by atoms with E-state index in [0.29, 0.717) is 32.9 Å². The molecule has 1 aromatic heterocycles. The highest BCUT2D eigenvalue weighted by atomic mass is 79.9. The van der Waals surface area contributed by atoms with Crippen LogP contribution < -0.4 is 14.3 Å². The molecule has 2 N–H and O–H groups in total. The van der Waals surface area contributed by atoms with Crippen LogP contribution in [0.4, 0.5) is 5.69 Å². The van der Waals surface area contributed by atoms with Crippen molar-refractivity contribution in [3.8, 4) is 5.75 Å². The van der Waals surface area contributed by atoms with Crippen molar-refractivity contribution < 1.29 is 13.2 Å². The lowest BCUT2D eigenvalue weighted by molar-refractivity contribution is 0.412. The smallest absolute Gasteiger partial charge is 0.306 e. The maximum atomic E-state index is 12.2. The molecule has 0 aliphatic carbocycles. The highest BCUT2D eigenvalue weighted by molar-refractivity contribution is 9.10. The number of sulfonamides is 1. The van der Waals surface area contributed by atoms with E-state index >= 15 is 0 Å². The van der Waals surface area contributed by atoms with Crippen molar-refractivity contribution in [3.05, 3.63) is 38.0 Å². The van der Waals surface area contributed by atoms with E-state index in [1.54, 1.807) is 18.2 Å². The third-order valence-electron chi connectivity index (χ3n) is 2.43. The molecule has 0 fully saturated rings. The van der Waals surface area contributed by atoms with Gasteiger partial charge in [-0.2, -0.15) is 0 Å². The summed E-state index contributed by atoms with van der Waals surface area (Å²) in [7, 11) is -2.31. The first-order chi connectivity index (χ1) is 9.33. The van der Waals surface area contributed by atoms with Gasteiger partial charge in [0.25, 0.3) is 10.0 Å². The third kappa shape index (κ3) is 3.05. The number of methoxy groups -OCH3 is 1. The number of benzene rings is 1. The molecule has 0 unspecified atom stereocenters. The number of ether oxygens (including phenoxy) is 1. The molecule has 2 rings (SSSR count). The van der Waals surface area contributed by atoms with Crippen LogP contribution in [-0.2, 0) is 10.0 Å². The molecule has 0 saturated carbocycles. The van der Waals surface area contributed by atoms with Gasteiger partial charge in [-0.15, -0.1) is 0 Å². The Hall–Kier alpha value is -1.32. The van der Waals surface area contributed by atoms with Gasteiger partial charge >= 0.3 is 4.87 Å². The van der Waals surface area contributed by atoms with Crippen LogP contribution >= 0.6 is 27.3 Å². The Morgan fingerprint density at radius 3 is 2.65 bits per heavy atom. The Morgan fingerprint density at radius 2 is 2.10 bits per heavy atom. The van der Waals surface area contributed by atoms with E-state index in [-0.39, 0.29) is 4.21 Å². The lowest BCUT2D eigenvalue weighted by atomic mass is 10.3. The molecule has 0 bridgehead atoms. The van der Waals surface area contributed by atoms with Crippen molar-refractivity contribution in [1.82, 2.24) is 4.98 Å². The average Bonchev–Trinajstić information content (AvgIpc) is 2.71. The second-order valence-electron chi connectivity index (χ2n) is 3.88. The summed E-state index contributed by atoms with van der Waals surface area (Å²) in [6.45, 7) is 1.54. The summed E-state index contributed by atoms with van der Waals surface area (Å²) in [5.74, 6) is 0.504. The number of nitrogens with one attached hydrogen (secondary N) is 2. The van der Waals surface area contributed by atoms with Gasteiger partial charge in [0.1, 0.15) is 5.75 Å². The quantitative estimate of drug-likeness (QED) is 0.854. The van der Waals surface area contributed by atoms with Crippen LogP contribution in [-0.4, -0.2) is 20.5 Å².